The maximum atomic E-state index is 6.19. The summed E-state index contributed by atoms with van der Waals surface area (Å²) in [5.41, 5.74) is 8.16. The smallest absolute Gasteiger partial charge is 0.0585 e. The van der Waals surface area contributed by atoms with E-state index in [0.717, 1.165) is 26.5 Å². The maximum Gasteiger partial charge on any atom is 0.0585 e. The third-order valence-corrected chi connectivity index (χ3v) is 4.20. The highest BCUT2D eigenvalue weighted by Gasteiger charge is 2.10. The lowest BCUT2D eigenvalue weighted by molar-refractivity contribution is 1.70. The first-order valence-electron chi connectivity index (χ1n) is 5.28. The molecule has 0 unspecified atom stereocenters. The van der Waals surface area contributed by atoms with Gasteiger partial charge >= 0.3 is 0 Å². The van der Waals surface area contributed by atoms with Crippen LogP contribution in [0.3, 0.4) is 0 Å². The van der Waals surface area contributed by atoms with Crippen LogP contribution in [-0.4, -0.2) is 0 Å². The third-order valence-electron chi connectivity index (χ3n) is 2.72. The lowest BCUT2D eigenvalue weighted by Crippen LogP contribution is -1.84. The van der Waals surface area contributed by atoms with Crippen LogP contribution in [0.5, 0.6) is 0 Å². The van der Waals surface area contributed by atoms with E-state index < -0.39 is 0 Å². The van der Waals surface area contributed by atoms with E-state index in [2.05, 4.69) is 12.1 Å². The number of halogens is 1. The average molecular weight is 260 g/mol. The van der Waals surface area contributed by atoms with Gasteiger partial charge in [-0.3, -0.25) is 0 Å². The van der Waals surface area contributed by atoms with E-state index in [-0.39, 0.29) is 0 Å². The highest BCUT2D eigenvalue weighted by atomic mass is 35.5. The van der Waals surface area contributed by atoms with Gasteiger partial charge in [0, 0.05) is 15.1 Å². The molecule has 0 aliphatic carbocycles. The summed E-state index contributed by atoms with van der Waals surface area (Å²) in [6, 6.07) is 16.0. The van der Waals surface area contributed by atoms with Crippen molar-refractivity contribution in [1.82, 2.24) is 0 Å². The van der Waals surface area contributed by atoms with Crippen LogP contribution in [0.25, 0.3) is 20.5 Å². The van der Waals surface area contributed by atoms with Crippen molar-refractivity contribution in [2.24, 2.45) is 0 Å². The van der Waals surface area contributed by atoms with E-state index in [1.807, 2.05) is 36.4 Å². The molecule has 0 spiro atoms. The third kappa shape index (κ3) is 1.79. The second-order valence-electron chi connectivity index (χ2n) is 3.85. The average Bonchev–Trinajstić information content (AvgIpc) is 2.68. The summed E-state index contributed by atoms with van der Waals surface area (Å²) in [6.07, 6.45) is 0. The van der Waals surface area contributed by atoms with Gasteiger partial charge in [-0.15, -0.1) is 11.3 Å². The minimum Gasteiger partial charge on any atom is -0.397 e. The highest BCUT2D eigenvalue weighted by Crippen LogP contribution is 2.41. The molecular weight excluding hydrogens is 250 g/mol. The predicted octanol–water partition coefficient (Wildman–Crippen LogP) is 4.80. The number of rotatable bonds is 1. The quantitative estimate of drug-likeness (QED) is 0.667. The molecule has 1 heterocycles. The van der Waals surface area contributed by atoms with Crippen LogP contribution in [0.4, 0.5) is 5.69 Å². The van der Waals surface area contributed by atoms with Crippen molar-refractivity contribution in [2.75, 3.05) is 5.73 Å². The lowest BCUT2D eigenvalue weighted by atomic mass is 10.1. The highest BCUT2D eigenvalue weighted by molar-refractivity contribution is 7.23. The van der Waals surface area contributed by atoms with Gasteiger partial charge in [0.15, 0.2) is 0 Å². The van der Waals surface area contributed by atoms with Gasteiger partial charge in [-0.1, -0.05) is 41.9 Å². The molecular formula is C14H10ClNS. The summed E-state index contributed by atoms with van der Waals surface area (Å²) in [6.45, 7) is 0. The summed E-state index contributed by atoms with van der Waals surface area (Å²) in [5.74, 6) is 0. The number of nitrogens with two attached hydrogens (primary N) is 1. The monoisotopic (exact) mass is 259 g/mol. The molecule has 0 amide bonds. The number of thiophene rings is 1. The van der Waals surface area contributed by atoms with Crippen molar-refractivity contribution < 1.29 is 0 Å². The molecule has 17 heavy (non-hydrogen) atoms. The van der Waals surface area contributed by atoms with Crippen molar-refractivity contribution in [3.8, 4) is 10.4 Å². The topological polar surface area (TPSA) is 26.0 Å². The predicted molar refractivity (Wildman–Crippen MR) is 76.7 cm³/mol. The van der Waals surface area contributed by atoms with Crippen molar-refractivity contribution in [1.29, 1.82) is 0 Å². The van der Waals surface area contributed by atoms with Gasteiger partial charge in [-0.05, 0) is 23.8 Å². The fourth-order valence-corrected chi connectivity index (χ4v) is 3.17. The zero-order chi connectivity index (χ0) is 11.8. The Morgan fingerprint density at radius 1 is 1.00 bits per heavy atom. The summed E-state index contributed by atoms with van der Waals surface area (Å²) < 4.78 is 1.17. The van der Waals surface area contributed by atoms with Gasteiger partial charge in [-0.25, -0.2) is 0 Å². The van der Waals surface area contributed by atoms with E-state index in [1.54, 1.807) is 11.3 Å². The van der Waals surface area contributed by atoms with Crippen LogP contribution in [0.2, 0.25) is 5.02 Å². The molecule has 3 heteroatoms. The Kier molecular flexibility index (Phi) is 2.54. The van der Waals surface area contributed by atoms with Crippen LogP contribution in [-0.2, 0) is 0 Å². The molecule has 2 aromatic carbocycles. The van der Waals surface area contributed by atoms with E-state index >= 15 is 0 Å². The van der Waals surface area contributed by atoms with Crippen LogP contribution in [0, 0.1) is 0 Å². The first-order chi connectivity index (χ1) is 8.25. The van der Waals surface area contributed by atoms with E-state index in [4.69, 9.17) is 17.3 Å². The van der Waals surface area contributed by atoms with Crippen molar-refractivity contribution >= 4 is 38.7 Å². The molecule has 0 fully saturated rings. The van der Waals surface area contributed by atoms with Crippen molar-refractivity contribution in [3.05, 3.63) is 53.6 Å². The SMILES string of the molecule is Nc1c(-c2ccccc2)sc2ccc(Cl)cc12. The Bertz CT molecular complexity index is 673. The van der Waals surface area contributed by atoms with Crippen molar-refractivity contribution in [3.63, 3.8) is 0 Å². The van der Waals surface area contributed by atoms with Crippen LogP contribution in [0.1, 0.15) is 0 Å². The normalized spacial score (nSPS) is 10.9. The summed E-state index contributed by atoms with van der Waals surface area (Å²) >= 11 is 7.70. The van der Waals surface area contributed by atoms with Crippen molar-refractivity contribution in [2.45, 2.75) is 0 Å². The molecule has 0 saturated heterocycles. The largest absolute Gasteiger partial charge is 0.397 e. The molecule has 2 N–H and O–H groups in total. The fraction of sp³-hybridized carbons (Fsp3) is 0. The van der Waals surface area contributed by atoms with Gasteiger partial charge < -0.3 is 5.73 Å². The Labute approximate surface area is 108 Å². The molecule has 0 saturated carbocycles. The molecule has 0 aliphatic rings. The first kappa shape index (κ1) is 10.6. The standard InChI is InChI=1S/C14H10ClNS/c15-10-6-7-12-11(8-10)13(16)14(17-12)9-4-2-1-3-5-9/h1-8H,16H2. The van der Waals surface area contributed by atoms with Gasteiger partial charge in [0.2, 0.25) is 0 Å². The number of fused-ring (bicyclic) bond motifs is 1. The fourth-order valence-electron chi connectivity index (χ4n) is 1.89. The minimum absolute atomic E-state index is 0.724. The Morgan fingerprint density at radius 3 is 2.53 bits per heavy atom. The zero-order valence-corrected chi connectivity index (χ0v) is 10.6. The second kappa shape index (κ2) is 4.06. The second-order valence-corrected chi connectivity index (χ2v) is 5.34. The molecule has 0 atom stereocenters. The molecule has 0 bridgehead atoms. The zero-order valence-electron chi connectivity index (χ0n) is 8.98. The van der Waals surface area contributed by atoms with Gasteiger partial charge in [0.1, 0.15) is 0 Å². The molecule has 3 rings (SSSR count). The Balaban J connectivity index is 2.28. The molecule has 0 aliphatic heterocycles. The molecule has 1 nitrogen and oxygen atoms in total. The molecule has 1 aromatic heterocycles. The Morgan fingerprint density at radius 2 is 1.76 bits per heavy atom. The van der Waals surface area contributed by atoms with Gasteiger partial charge in [0.05, 0.1) is 10.6 Å². The first-order valence-corrected chi connectivity index (χ1v) is 6.48. The number of nitrogen functional groups attached to an aromatic ring is 1. The maximum absolute atomic E-state index is 6.19. The van der Waals surface area contributed by atoms with E-state index in [9.17, 15) is 0 Å². The number of anilines is 1. The van der Waals surface area contributed by atoms with Gasteiger partial charge in [0.25, 0.3) is 0 Å². The molecule has 3 aromatic rings. The van der Waals surface area contributed by atoms with Crippen LogP contribution in [0.15, 0.2) is 48.5 Å². The summed E-state index contributed by atoms with van der Waals surface area (Å²) in [7, 11) is 0. The molecule has 0 radical (unpaired) electrons. The lowest BCUT2D eigenvalue weighted by Gasteiger charge is -1.98. The Hall–Kier alpha value is -1.51. The number of benzene rings is 2. The van der Waals surface area contributed by atoms with Crippen LogP contribution >= 0.6 is 22.9 Å². The van der Waals surface area contributed by atoms with E-state index in [1.165, 1.54) is 4.70 Å². The number of hydrogen-bond donors (Lipinski definition) is 1. The number of hydrogen-bond acceptors (Lipinski definition) is 2. The van der Waals surface area contributed by atoms with Gasteiger partial charge in [-0.2, -0.15) is 0 Å². The summed E-state index contributed by atoms with van der Waals surface area (Å²) in [4.78, 5) is 1.11. The van der Waals surface area contributed by atoms with Crippen LogP contribution < -0.4 is 5.73 Å². The minimum atomic E-state index is 0.724. The molecule has 84 valence electrons. The summed E-state index contributed by atoms with van der Waals surface area (Å²) in [5, 5.41) is 1.77. The van der Waals surface area contributed by atoms with E-state index in [0.29, 0.717) is 0 Å².